The van der Waals surface area contributed by atoms with E-state index in [-0.39, 0.29) is 11.0 Å². The van der Waals surface area contributed by atoms with Crippen LogP contribution in [-0.2, 0) is 4.74 Å². The molecule has 3 nitrogen and oxygen atoms in total. The van der Waals surface area contributed by atoms with Crippen LogP contribution in [0.4, 0.5) is 0 Å². The topological polar surface area (TPSA) is 35.5 Å². The number of Topliss-reactive ketones (excluding diaryl/α,β-unsaturated/α-hetero) is 1. The number of thioether (sulfide) groups is 1. The highest BCUT2D eigenvalue weighted by molar-refractivity contribution is 8.00. The molecule has 150 valence electrons. The molecule has 1 unspecified atom stereocenters. The third kappa shape index (κ3) is 6.11. The third-order valence-corrected chi connectivity index (χ3v) is 6.54. The van der Waals surface area contributed by atoms with Crippen molar-refractivity contribution in [1.29, 1.82) is 0 Å². The average molecular weight is 399 g/mol. The second-order valence-corrected chi connectivity index (χ2v) is 8.44. The van der Waals surface area contributed by atoms with Gasteiger partial charge in [0.25, 0.3) is 0 Å². The fourth-order valence-electron chi connectivity index (χ4n) is 3.72. The van der Waals surface area contributed by atoms with Crippen LogP contribution in [0, 0.1) is 5.92 Å². The summed E-state index contributed by atoms with van der Waals surface area (Å²) in [6.45, 7) is 3.44. The van der Waals surface area contributed by atoms with E-state index in [0.29, 0.717) is 12.5 Å². The van der Waals surface area contributed by atoms with Gasteiger partial charge in [0.2, 0.25) is 0 Å². The largest absolute Gasteiger partial charge is 0.457 e. The molecule has 1 aliphatic rings. The first kappa shape index (κ1) is 20.9. The van der Waals surface area contributed by atoms with Crippen molar-refractivity contribution in [3.05, 3.63) is 60.2 Å². The lowest BCUT2D eigenvalue weighted by Gasteiger charge is -2.29. The molecule has 0 aliphatic heterocycles. The van der Waals surface area contributed by atoms with Crippen LogP contribution in [0.25, 0.3) is 0 Å². The molecule has 3 rings (SSSR count). The second-order valence-electron chi connectivity index (χ2n) is 7.19. The molecule has 1 atom stereocenters. The fourth-order valence-corrected chi connectivity index (χ4v) is 5.02. The molecule has 1 aliphatic carbocycles. The van der Waals surface area contributed by atoms with Crippen LogP contribution >= 0.6 is 11.8 Å². The molecule has 0 bridgehead atoms. The summed E-state index contributed by atoms with van der Waals surface area (Å²) >= 11 is 1.77. The Morgan fingerprint density at radius 1 is 1.00 bits per heavy atom. The van der Waals surface area contributed by atoms with Crippen LogP contribution in [0.3, 0.4) is 0 Å². The Morgan fingerprint density at radius 3 is 2.36 bits per heavy atom. The summed E-state index contributed by atoms with van der Waals surface area (Å²) in [5.74, 6) is 3.15. The van der Waals surface area contributed by atoms with E-state index >= 15 is 0 Å². The number of carbonyl (C=O) groups is 1. The Labute approximate surface area is 172 Å². The Morgan fingerprint density at radius 2 is 1.68 bits per heavy atom. The SMILES string of the molecule is CCOCCSC(C(=O)c1ccc(Oc2ccccc2)cc1)C1CCCCC1. The van der Waals surface area contributed by atoms with Crippen molar-refractivity contribution in [3.8, 4) is 11.5 Å². The summed E-state index contributed by atoms with van der Waals surface area (Å²) in [5.41, 5.74) is 0.778. The van der Waals surface area contributed by atoms with Gasteiger partial charge in [-0.2, -0.15) is 0 Å². The molecule has 0 heterocycles. The van der Waals surface area contributed by atoms with E-state index in [4.69, 9.17) is 9.47 Å². The van der Waals surface area contributed by atoms with E-state index in [1.54, 1.807) is 11.8 Å². The van der Waals surface area contributed by atoms with Crippen LogP contribution in [0.1, 0.15) is 49.4 Å². The highest BCUT2D eigenvalue weighted by atomic mass is 32.2. The minimum atomic E-state index is 0.0293. The van der Waals surface area contributed by atoms with E-state index in [1.807, 2.05) is 61.5 Å². The van der Waals surface area contributed by atoms with Gasteiger partial charge in [0.15, 0.2) is 5.78 Å². The Kier molecular flexibility index (Phi) is 8.43. The van der Waals surface area contributed by atoms with Gasteiger partial charge in [0.1, 0.15) is 11.5 Å². The first-order valence-corrected chi connectivity index (χ1v) is 11.4. The van der Waals surface area contributed by atoms with Crippen molar-refractivity contribution < 1.29 is 14.3 Å². The lowest BCUT2D eigenvalue weighted by molar-refractivity contribution is 0.0959. The predicted molar refractivity (Wildman–Crippen MR) is 117 cm³/mol. The average Bonchev–Trinajstić information content (AvgIpc) is 2.75. The van der Waals surface area contributed by atoms with Crippen molar-refractivity contribution in [3.63, 3.8) is 0 Å². The van der Waals surface area contributed by atoms with Crippen molar-refractivity contribution >= 4 is 17.5 Å². The summed E-state index contributed by atoms with van der Waals surface area (Å²) in [7, 11) is 0. The molecule has 0 aromatic heterocycles. The highest BCUT2D eigenvalue weighted by Crippen LogP contribution is 2.35. The normalized spacial score (nSPS) is 15.9. The molecule has 0 saturated heterocycles. The monoisotopic (exact) mass is 398 g/mol. The van der Waals surface area contributed by atoms with Crippen LogP contribution in [-0.4, -0.2) is 30.0 Å². The minimum absolute atomic E-state index is 0.0293. The number of para-hydroxylation sites is 1. The number of hydrogen-bond donors (Lipinski definition) is 0. The smallest absolute Gasteiger partial charge is 0.176 e. The maximum Gasteiger partial charge on any atom is 0.176 e. The van der Waals surface area contributed by atoms with E-state index in [9.17, 15) is 4.79 Å². The van der Waals surface area contributed by atoms with Gasteiger partial charge >= 0.3 is 0 Å². The van der Waals surface area contributed by atoms with Crippen LogP contribution in [0.15, 0.2) is 54.6 Å². The third-order valence-electron chi connectivity index (χ3n) is 5.18. The first-order chi connectivity index (χ1) is 13.8. The fraction of sp³-hybridized carbons (Fsp3) is 0.458. The molecule has 4 heteroatoms. The Hall–Kier alpha value is -1.78. The summed E-state index contributed by atoms with van der Waals surface area (Å²) < 4.78 is 11.3. The minimum Gasteiger partial charge on any atom is -0.457 e. The van der Waals surface area contributed by atoms with Gasteiger partial charge in [0, 0.05) is 17.9 Å². The van der Waals surface area contributed by atoms with Crippen LogP contribution in [0.5, 0.6) is 11.5 Å². The van der Waals surface area contributed by atoms with Crippen molar-refractivity contribution in [2.45, 2.75) is 44.3 Å². The predicted octanol–water partition coefficient (Wildman–Crippen LogP) is 6.38. The molecule has 0 spiro atoms. The second kappa shape index (κ2) is 11.3. The molecule has 1 fully saturated rings. The molecule has 28 heavy (non-hydrogen) atoms. The number of carbonyl (C=O) groups excluding carboxylic acids is 1. The summed E-state index contributed by atoms with van der Waals surface area (Å²) in [4.78, 5) is 13.3. The Bertz CT molecular complexity index is 708. The lowest BCUT2D eigenvalue weighted by Crippen LogP contribution is -2.29. The van der Waals surface area contributed by atoms with Gasteiger partial charge in [-0.1, -0.05) is 37.5 Å². The molecular formula is C24H30O3S. The molecular weight excluding hydrogens is 368 g/mol. The van der Waals surface area contributed by atoms with E-state index < -0.39 is 0 Å². The number of ketones is 1. The lowest BCUT2D eigenvalue weighted by atomic mass is 9.84. The van der Waals surface area contributed by atoms with Crippen LogP contribution in [0.2, 0.25) is 0 Å². The highest BCUT2D eigenvalue weighted by Gasteiger charge is 2.30. The van der Waals surface area contributed by atoms with Crippen molar-refractivity contribution in [2.24, 2.45) is 5.92 Å². The zero-order valence-corrected chi connectivity index (χ0v) is 17.5. The zero-order valence-electron chi connectivity index (χ0n) is 16.6. The van der Waals surface area contributed by atoms with E-state index in [1.165, 1.54) is 19.3 Å². The quantitative estimate of drug-likeness (QED) is 0.344. The van der Waals surface area contributed by atoms with Crippen LogP contribution < -0.4 is 4.74 Å². The number of ether oxygens (including phenoxy) is 2. The maximum absolute atomic E-state index is 13.3. The van der Waals surface area contributed by atoms with Gasteiger partial charge in [-0.25, -0.2) is 0 Å². The van der Waals surface area contributed by atoms with E-state index in [0.717, 1.165) is 42.3 Å². The zero-order chi connectivity index (χ0) is 19.6. The molecule has 2 aromatic rings. The molecule has 2 aromatic carbocycles. The van der Waals surface area contributed by atoms with Gasteiger partial charge in [0.05, 0.1) is 11.9 Å². The first-order valence-electron chi connectivity index (χ1n) is 10.3. The standard InChI is InChI=1S/C24H30O3S/c1-2-26-17-18-28-24(20-9-5-3-6-10-20)23(25)19-13-15-22(16-14-19)27-21-11-7-4-8-12-21/h4,7-8,11-16,20,24H,2-3,5-6,9-10,17-18H2,1H3. The van der Waals surface area contributed by atoms with E-state index in [2.05, 4.69) is 0 Å². The Balaban J connectivity index is 1.66. The van der Waals surface area contributed by atoms with Gasteiger partial charge in [-0.15, -0.1) is 11.8 Å². The molecule has 0 radical (unpaired) electrons. The summed E-state index contributed by atoms with van der Waals surface area (Å²) in [5, 5.41) is 0.0293. The van der Waals surface area contributed by atoms with Gasteiger partial charge in [-0.05, 0) is 62.1 Å². The summed E-state index contributed by atoms with van der Waals surface area (Å²) in [6, 6.07) is 17.3. The molecule has 1 saturated carbocycles. The van der Waals surface area contributed by atoms with Crippen molar-refractivity contribution in [2.75, 3.05) is 19.0 Å². The van der Waals surface area contributed by atoms with Gasteiger partial charge < -0.3 is 9.47 Å². The summed E-state index contributed by atoms with van der Waals surface area (Å²) in [6.07, 6.45) is 6.10. The number of benzene rings is 2. The van der Waals surface area contributed by atoms with Crippen molar-refractivity contribution in [1.82, 2.24) is 0 Å². The molecule has 0 N–H and O–H groups in total. The number of rotatable bonds is 10. The number of hydrogen-bond acceptors (Lipinski definition) is 4. The van der Waals surface area contributed by atoms with Gasteiger partial charge in [-0.3, -0.25) is 4.79 Å². The maximum atomic E-state index is 13.3. The molecule has 0 amide bonds.